The summed E-state index contributed by atoms with van der Waals surface area (Å²) in [6, 6.07) is 1.79. The molecule has 2 rings (SSSR count). The van der Waals surface area contributed by atoms with E-state index in [4.69, 9.17) is 14.0 Å². The first-order chi connectivity index (χ1) is 8.66. The molecule has 6 heteroatoms. The van der Waals surface area contributed by atoms with E-state index in [1.807, 2.05) is 6.92 Å². The molecule has 0 aliphatic heterocycles. The molecule has 6 nitrogen and oxygen atoms in total. The monoisotopic (exact) mass is 250 g/mol. The van der Waals surface area contributed by atoms with E-state index >= 15 is 0 Å². The molecule has 0 aliphatic carbocycles. The molecule has 18 heavy (non-hydrogen) atoms. The Bertz CT molecular complexity index is 530. The maximum absolute atomic E-state index is 10.3. The summed E-state index contributed by atoms with van der Waals surface area (Å²) in [6.45, 7) is 1.83. The largest absolute Gasteiger partial charge is 0.481 e. The number of aromatic nitrogens is 2. The molecule has 0 saturated carbocycles. The molecule has 1 N–H and O–H groups in total. The number of rotatable bonds is 6. The smallest absolute Gasteiger partial charge is 0.303 e. The van der Waals surface area contributed by atoms with Crippen molar-refractivity contribution in [2.45, 2.75) is 32.6 Å². The van der Waals surface area contributed by atoms with E-state index in [-0.39, 0.29) is 6.42 Å². The Morgan fingerprint density at radius 1 is 1.44 bits per heavy atom. The van der Waals surface area contributed by atoms with Crippen LogP contribution in [-0.2, 0) is 11.2 Å². The van der Waals surface area contributed by atoms with Gasteiger partial charge >= 0.3 is 5.97 Å². The van der Waals surface area contributed by atoms with Gasteiger partial charge in [0.25, 0.3) is 0 Å². The van der Waals surface area contributed by atoms with Crippen molar-refractivity contribution < 1.29 is 18.8 Å². The Labute approximate surface area is 104 Å². The van der Waals surface area contributed by atoms with Gasteiger partial charge in [0.15, 0.2) is 0 Å². The predicted octanol–water partition coefficient (Wildman–Crippen LogP) is 2.44. The van der Waals surface area contributed by atoms with Gasteiger partial charge in [0.05, 0.1) is 11.8 Å². The quantitative estimate of drug-likeness (QED) is 0.792. The lowest BCUT2D eigenvalue weighted by Gasteiger charge is -1.93. The van der Waals surface area contributed by atoms with Crippen molar-refractivity contribution in [3.05, 3.63) is 24.0 Å². The average Bonchev–Trinajstić information content (AvgIpc) is 2.92. The fraction of sp³-hybridized carbons (Fsp3) is 0.417. The molecule has 0 fully saturated rings. The first-order valence-corrected chi connectivity index (χ1v) is 5.75. The molecule has 0 saturated heterocycles. The lowest BCUT2D eigenvalue weighted by Crippen LogP contribution is -1.95. The van der Waals surface area contributed by atoms with Crippen LogP contribution in [0.15, 0.2) is 21.3 Å². The Kier molecular flexibility index (Phi) is 3.76. The standard InChI is InChI=1S/C12H14N2O4/c1-8-9(6-7-17-8)12-13-10(18-14-12)4-2-3-5-11(15)16/h6-7H,2-5H2,1H3,(H,15,16). The third kappa shape index (κ3) is 2.97. The van der Waals surface area contributed by atoms with Crippen LogP contribution in [-0.4, -0.2) is 21.2 Å². The molecule has 0 amide bonds. The van der Waals surface area contributed by atoms with Crippen LogP contribution in [0.3, 0.4) is 0 Å². The van der Waals surface area contributed by atoms with Crippen LogP contribution in [0, 0.1) is 6.92 Å². The van der Waals surface area contributed by atoms with Crippen LogP contribution in [0.4, 0.5) is 0 Å². The van der Waals surface area contributed by atoms with E-state index in [1.165, 1.54) is 0 Å². The van der Waals surface area contributed by atoms with E-state index in [9.17, 15) is 4.79 Å². The van der Waals surface area contributed by atoms with Crippen LogP contribution >= 0.6 is 0 Å². The normalized spacial score (nSPS) is 10.7. The molecule has 0 aromatic carbocycles. The van der Waals surface area contributed by atoms with Crippen molar-refractivity contribution >= 4 is 5.97 Å². The molecule has 0 unspecified atom stereocenters. The van der Waals surface area contributed by atoms with Crippen LogP contribution in [0.25, 0.3) is 11.4 Å². The first kappa shape index (κ1) is 12.3. The minimum atomic E-state index is -0.782. The molecule has 0 aliphatic rings. The van der Waals surface area contributed by atoms with Crippen molar-refractivity contribution in [1.29, 1.82) is 0 Å². The maximum atomic E-state index is 10.3. The SMILES string of the molecule is Cc1occc1-c1noc(CCCCC(=O)O)n1. The maximum Gasteiger partial charge on any atom is 0.303 e. The summed E-state index contributed by atoms with van der Waals surface area (Å²) in [7, 11) is 0. The van der Waals surface area contributed by atoms with Gasteiger partial charge in [-0.3, -0.25) is 4.79 Å². The van der Waals surface area contributed by atoms with Gasteiger partial charge in [-0.05, 0) is 25.8 Å². The fourth-order valence-corrected chi connectivity index (χ4v) is 1.64. The van der Waals surface area contributed by atoms with Gasteiger partial charge in [-0.25, -0.2) is 0 Å². The number of carboxylic acid groups (broad SMARTS) is 1. The molecule has 0 spiro atoms. The molecular weight excluding hydrogens is 236 g/mol. The number of carbonyl (C=O) groups is 1. The van der Waals surface area contributed by atoms with Gasteiger partial charge in [0.1, 0.15) is 5.76 Å². The van der Waals surface area contributed by atoms with Gasteiger partial charge in [0, 0.05) is 12.8 Å². The summed E-state index contributed by atoms with van der Waals surface area (Å²) < 4.78 is 10.3. The number of furan rings is 1. The number of aliphatic carboxylic acids is 1. The first-order valence-electron chi connectivity index (χ1n) is 5.75. The second-order valence-electron chi connectivity index (χ2n) is 4.00. The van der Waals surface area contributed by atoms with Crippen LogP contribution in [0.2, 0.25) is 0 Å². The minimum absolute atomic E-state index is 0.168. The summed E-state index contributed by atoms with van der Waals surface area (Å²) in [5.74, 6) is 0.994. The second-order valence-corrected chi connectivity index (χ2v) is 4.00. The zero-order valence-electron chi connectivity index (χ0n) is 10.0. The van der Waals surface area contributed by atoms with E-state index in [0.29, 0.717) is 24.6 Å². The van der Waals surface area contributed by atoms with Gasteiger partial charge < -0.3 is 14.0 Å². The van der Waals surface area contributed by atoms with Gasteiger partial charge in [-0.2, -0.15) is 4.98 Å². The number of hydrogen-bond acceptors (Lipinski definition) is 5. The lowest BCUT2D eigenvalue weighted by molar-refractivity contribution is -0.137. The lowest BCUT2D eigenvalue weighted by atomic mass is 10.2. The van der Waals surface area contributed by atoms with E-state index in [1.54, 1.807) is 12.3 Å². The average molecular weight is 250 g/mol. The number of nitrogens with zero attached hydrogens (tertiary/aromatic N) is 2. The highest BCUT2D eigenvalue weighted by Gasteiger charge is 2.12. The highest BCUT2D eigenvalue weighted by atomic mass is 16.5. The van der Waals surface area contributed by atoms with Crippen LogP contribution in [0.5, 0.6) is 0 Å². The zero-order valence-corrected chi connectivity index (χ0v) is 10.0. The van der Waals surface area contributed by atoms with Crippen molar-refractivity contribution in [2.75, 3.05) is 0 Å². The third-order valence-corrected chi connectivity index (χ3v) is 2.60. The van der Waals surface area contributed by atoms with Gasteiger partial charge in [0.2, 0.25) is 11.7 Å². The fourth-order valence-electron chi connectivity index (χ4n) is 1.64. The van der Waals surface area contributed by atoms with Crippen molar-refractivity contribution in [3.63, 3.8) is 0 Å². The zero-order chi connectivity index (χ0) is 13.0. The highest BCUT2D eigenvalue weighted by Crippen LogP contribution is 2.21. The summed E-state index contributed by atoms with van der Waals surface area (Å²) in [5, 5.41) is 12.4. The topological polar surface area (TPSA) is 89.4 Å². The minimum Gasteiger partial charge on any atom is -0.481 e. The molecule has 2 aromatic rings. The molecule has 0 atom stereocenters. The summed E-state index contributed by atoms with van der Waals surface area (Å²) >= 11 is 0. The van der Waals surface area contributed by atoms with Gasteiger partial charge in [-0.15, -0.1) is 0 Å². The number of carboxylic acids is 1. The number of unbranched alkanes of at least 4 members (excludes halogenated alkanes) is 1. The van der Waals surface area contributed by atoms with Crippen molar-refractivity contribution in [3.8, 4) is 11.4 Å². The van der Waals surface area contributed by atoms with Crippen LogP contribution in [0.1, 0.15) is 30.9 Å². The Morgan fingerprint density at radius 2 is 2.28 bits per heavy atom. The van der Waals surface area contributed by atoms with E-state index in [0.717, 1.165) is 17.7 Å². The highest BCUT2D eigenvalue weighted by molar-refractivity contribution is 5.66. The number of hydrogen-bond donors (Lipinski definition) is 1. The Morgan fingerprint density at radius 3 is 2.94 bits per heavy atom. The summed E-state index contributed by atoms with van der Waals surface area (Å²) in [5.41, 5.74) is 0.815. The Hall–Kier alpha value is -2.11. The third-order valence-electron chi connectivity index (χ3n) is 2.60. The second kappa shape index (κ2) is 5.48. The molecule has 2 heterocycles. The molecule has 96 valence electrons. The van der Waals surface area contributed by atoms with Crippen molar-refractivity contribution in [1.82, 2.24) is 10.1 Å². The summed E-state index contributed by atoms with van der Waals surface area (Å²) in [6.07, 6.45) is 3.67. The Balaban J connectivity index is 1.91. The van der Waals surface area contributed by atoms with E-state index < -0.39 is 5.97 Å². The summed E-state index contributed by atoms with van der Waals surface area (Å²) in [4.78, 5) is 14.6. The number of aryl methyl sites for hydroxylation is 2. The van der Waals surface area contributed by atoms with Crippen molar-refractivity contribution in [2.24, 2.45) is 0 Å². The predicted molar refractivity (Wildman–Crippen MR) is 61.9 cm³/mol. The molecule has 0 bridgehead atoms. The van der Waals surface area contributed by atoms with E-state index in [2.05, 4.69) is 10.1 Å². The molecular formula is C12H14N2O4. The van der Waals surface area contributed by atoms with Gasteiger partial charge in [-0.1, -0.05) is 5.16 Å². The molecule has 2 aromatic heterocycles. The molecule has 0 radical (unpaired) electrons. The van der Waals surface area contributed by atoms with Crippen LogP contribution < -0.4 is 0 Å².